The van der Waals surface area contributed by atoms with Crippen molar-refractivity contribution in [2.75, 3.05) is 2.43 Å². The molecule has 178 valence electrons. The minimum atomic E-state index is -3.54. The van der Waals surface area contributed by atoms with Gasteiger partial charge in [0.25, 0.3) is 0 Å². The van der Waals surface area contributed by atoms with Gasteiger partial charge in [-0.05, 0) is 90.2 Å². The van der Waals surface area contributed by atoms with E-state index >= 15 is 0 Å². The summed E-state index contributed by atoms with van der Waals surface area (Å²) in [6.45, 7) is 5.46. The third kappa shape index (κ3) is 16.9. The Morgan fingerprint density at radius 2 is 1.13 bits per heavy atom. The van der Waals surface area contributed by atoms with Crippen LogP contribution in [0.15, 0.2) is 58.3 Å². The molecular formula is C17H22I6N2O4S2. The van der Waals surface area contributed by atoms with Crippen molar-refractivity contribution < 1.29 is 16.8 Å². The van der Waals surface area contributed by atoms with Crippen molar-refractivity contribution in [3.8, 4) is 0 Å². The summed E-state index contributed by atoms with van der Waals surface area (Å²) in [7, 11) is -6.95. The molecule has 31 heavy (non-hydrogen) atoms. The predicted octanol–water partition coefficient (Wildman–Crippen LogP) is 6.89. The summed E-state index contributed by atoms with van der Waals surface area (Å²) in [6.07, 6.45) is 0. The number of primary sulfonamides is 1. The highest BCUT2D eigenvalue weighted by Gasteiger charge is 2.23. The Kier molecular flexibility index (Phi) is 20.8. The zero-order valence-electron chi connectivity index (χ0n) is 16.6. The SMILES string of the molecule is CC(C)(C)NS(=O)(=O)c1ccccc1I.ICI.II.NS(=O)(=O)c1ccccc1I. The van der Waals surface area contributed by atoms with Gasteiger partial charge in [-0.3, -0.25) is 0 Å². The van der Waals surface area contributed by atoms with Crippen LogP contribution in [-0.2, 0) is 20.0 Å². The Bertz CT molecular complexity index is 998. The van der Waals surface area contributed by atoms with Gasteiger partial charge in [-0.1, -0.05) is 69.4 Å². The van der Waals surface area contributed by atoms with E-state index in [0.717, 1.165) is 3.57 Å². The largest absolute Gasteiger partial charge is 0.242 e. The van der Waals surface area contributed by atoms with Gasteiger partial charge in [0, 0.05) is 49.9 Å². The molecule has 0 spiro atoms. The van der Waals surface area contributed by atoms with Crippen LogP contribution < -0.4 is 9.86 Å². The summed E-state index contributed by atoms with van der Waals surface area (Å²) in [4.78, 5) is 0.515. The number of sulfonamides is 2. The van der Waals surface area contributed by atoms with Crippen LogP contribution in [0.3, 0.4) is 0 Å². The molecule has 0 unspecified atom stereocenters. The van der Waals surface area contributed by atoms with Crippen LogP contribution in [0.5, 0.6) is 0 Å². The van der Waals surface area contributed by atoms with Gasteiger partial charge in [-0.2, -0.15) is 0 Å². The fourth-order valence-corrected chi connectivity index (χ4v) is 6.47. The van der Waals surface area contributed by atoms with E-state index < -0.39 is 25.6 Å². The Morgan fingerprint density at radius 3 is 1.39 bits per heavy atom. The van der Waals surface area contributed by atoms with Gasteiger partial charge in [0.15, 0.2) is 0 Å². The first-order valence-corrected chi connectivity index (χ1v) is 22.5. The van der Waals surface area contributed by atoms with Gasteiger partial charge in [0.2, 0.25) is 20.0 Å². The van der Waals surface area contributed by atoms with Crippen LogP contribution >= 0.6 is 128 Å². The average molecular weight is 1140 g/mol. The monoisotopic (exact) mass is 1140 g/mol. The topological polar surface area (TPSA) is 106 Å². The van der Waals surface area contributed by atoms with E-state index in [0.29, 0.717) is 8.47 Å². The molecule has 0 amide bonds. The van der Waals surface area contributed by atoms with Crippen molar-refractivity contribution in [3.05, 3.63) is 55.7 Å². The molecular weight excluding hydrogens is 1120 g/mol. The first-order chi connectivity index (χ1) is 14.2. The Balaban J connectivity index is 0. The summed E-state index contributed by atoms with van der Waals surface area (Å²) < 4.78 is 50.7. The summed E-state index contributed by atoms with van der Waals surface area (Å²) in [5.74, 6) is 0. The van der Waals surface area contributed by atoms with E-state index in [-0.39, 0.29) is 4.90 Å². The number of rotatable bonds is 3. The number of nitrogens with two attached hydrogens (primary N) is 1. The first kappa shape index (κ1) is 35.8. The molecule has 0 bridgehead atoms. The van der Waals surface area contributed by atoms with Crippen LogP contribution in [0, 0.1) is 7.14 Å². The highest BCUT2D eigenvalue weighted by molar-refractivity contribution is 15.0. The number of alkyl halides is 2. The molecule has 2 rings (SSSR count). The fourth-order valence-electron chi connectivity index (χ4n) is 1.80. The standard InChI is InChI=1S/C10H14INO2S.C6H6INO2S.CH2I2.I2/c1-10(2,3)12-15(13,14)9-7-5-4-6-8(9)11;7-5-3-1-2-4-6(5)11(8,9)10;2-1-3;1-2/h4-7,12H,1-3H3;1-4H,(H2,8,9,10);1H2;. The Labute approximate surface area is 263 Å². The maximum atomic E-state index is 12.0. The third-order valence-corrected chi connectivity index (χ3v) is 8.11. The second-order valence-corrected chi connectivity index (χ2v) is 16.3. The van der Waals surface area contributed by atoms with Gasteiger partial charge < -0.3 is 0 Å². The maximum Gasteiger partial charge on any atom is 0.242 e. The summed E-state index contributed by atoms with van der Waals surface area (Å²) in [6, 6.07) is 13.5. The summed E-state index contributed by atoms with van der Waals surface area (Å²) in [5.41, 5.74) is -0.461. The van der Waals surface area contributed by atoms with Crippen molar-refractivity contribution in [2.24, 2.45) is 5.14 Å². The lowest BCUT2D eigenvalue weighted by Gasteiger charge is -2.20. The molecule has 14 heteroatoms. The molecule has 0 aromatic heterocycles. The van der Waals surface area contributed by atoms with E-state index in [9.17, 15) is 16.8 Å². The zero-order chi connectivity index (χ0) is 24.9. The second kappa shape index (κ2) is 18.0. The molecule has 3 N–H and O–H groups in total. The number of hydrogen-bond donors (Lipinski definition) is 2. The van der Waals surface area contributed by atoms with Gasteiger partial charge in [0.05, 0.1) is 12.2 Å². The van der Waals surface area contributed by atoms with E-state index in [4.69, 9.17) is 5.14 Å². The van der Waals surface area contributed by atoms with Gasteiger partial charge in [-0.25, -0.2) is 26.7 Å². The lowest BCUT2D eigenvalue weighted by atomic mass is 10.1. The quantitative estimate of drug-likeness (QED) is 0.258. The molecule has 0 radical (unpaired) electrons. The number of hydrogen-bond acceptors (Lipinski definition) is 4. The van der Waals surface area contributed by atoms with E-state index in [2.05, 4.69) is 87.1 Å². The lowest BCUT2D eigenvalue weighted by molar-refractivity contribution is 0.491. The Morgan fingerprint density at radius 1 is 0.806 bits per heavy atom. The van der Waals surface area contributed by atoms with Crippen molar-refractivity contribution in [1.82, 2.24) is 4.72 Å². The van der Waals surface area contributed by atoms with Gasteiger partial charge >= 0.3 is 0 Å². The number of nitrogens with one attached hydrogen (secondary N) is 1. The molecule has 2 aromatic carbocycles. The smallest absolute Gasteiger partial charge is 0.225 e. The highest BCUT2D eigenvalue weighted by Crippen LogP contribution is 2.19. The zero-order valence-corrected chi connectivity index (χ0v) is 31.2. The van der Waals surface area contributed by atoms with Crippen LogP contribution in [0.1, 0.15) is 20.8 Å². The van der Waals surface area contributed by atoms with Crippen LogP contribution in [-0.4, -0.2) is 24.8 Å². The first-order valence-electron chi connectivity index (χ1n) is 7.97. The second-order valence-electron chi connectivity index (χ2n) is 6.36. The van der Waals surface area contributed by atoms with Crippen molar-refractivity contribution in [2.45, 2.75) is 36.1 Å². The number of halogens is 6. The fraction of sp³-hybridized carbons (Fsp3) is 0.294. The van der Waals surface area contributed by atoms with Crippen molar-refractivity contribution >= 4 is 148 Å². The predicted molar refractivity (Wildman–Crippen MR) is 181 cm³/mol. The van der Waals surface area contributed by atoms with E-state index in [1.807, 2.05) is 72.0 Å². The minimum absolute atomic E-state index is 0.181. The maximum absolute atomic E-state index is 12.0. The third-order valence-electron chi connectivity index (χ3n) is 2.71. The molecule has 0 aliphatic heterocycles. The molecule has 0 aliphatic carbocycles. The summed E-state index contributed by atoms with van der Waals surface area (Å²) in [5, 5.41) is 4.93. The highest BCUT2D eigenvalue weighted by atomic mass is 128. The minimum Gasteiger partial charge on any atom is -0.225 e. The Hall–Kier alpha value is 2.64. The molecule has 0 heterocycles. The van der Waals surface area contributed by atoms with Crippen LogP contribution in [0.2, 0.25) is 0 Å². The van der Waals surface area contributed by atoms with E-state index in [1.54, 1.807) is 36.4 Å². The summed E-state index contributed by atoms with van der Waals surface area (Å²) >= 11 is 12.7. The van der Waals surface area contributed by atoms with Crippen LogP contribution in [0.4, 0.5) is 0 Å². The molecule has 0 saturated heterocycles. The van der Waals surface area contributed by atoms with Gasteiger partial charge in [-0.15, -0.1) is 0 Å². The normalized spacial score (nSPS) is 11.0. The van der Waals surface area contributed by atoms with Gasteiger partial charge in [0.1, 0.15) is 0 Å². The molecule has 0 saturated carbocycles. The van der Waals surface area contributed by atoms with E-state index in [1.165, 1.54) is 8.50 Å². The van der Waals surface area contributed by atoms with Crippen molar-refractivity contribution in [3.63, 3.8) is 0 Å². The van der Waals surface area contributed by atoms with Crippen molar-refractivity contribution in [1.29, 1.82) is 0 Å². The average Bonchev–Trinajstić information content (AvgIpc) is 2.62. The molecule has 6 nitrogen and oxygen atoms in total. The van der Waals surface area contributed by atoms with Crippen LogP contribution in [0.25, 0.3) is 0 Å². The lowest BCUT2D eigenvalue weighted by Crippen LogP contribution is -2.40. The number of benzene rings is 2. The molecule has 0 aliphatic rings. The molecule has 0 atom stereocenters. The molecule has 0 fully saturated rings. The molecule has 2 aromatic rings.